The van der Waals surface area contributed by atoms with E-state index in [9.17, 15) is 0 Å². The summed E-state index contributed by atoms with van der Waals surface area (Å²) in [6.45, 7) is 6.15. The van der Waals surface area contributed by atoms with Crippen molar-refractivity contribution < 1.29 is 0 Å². The smallest absolute Gasteiger partial charge is 0.0507 e. The van der Waals surface area contributed by atoms with Gasteiger partial charge in [-0.2, -0.15) is 0 Å². The molecule has 0 spiro atoms. The van der Waals surface area contributed by atoms with Gasteiger partial charge in [-0.15, -0.1) is 0 Å². The van der Waals surface area contributed by atoms with Crippen LogP contribution in [-0.2, 0) is 5.54 Å². The van der Waals surface area contributed by atoms with Crippen molar-refractivity contribution in [3.05, 3.63) is 35.5 Å². The Morgan fingerprint density at radius 3 is 2.43 bits per heavy atom. The Kier molecular flexibility index (Phi) is 1.89. The minimum absolute atomic E-state index is 0.302. The first-order valence-electron chi connectivity index (χ1n) is 4.87. The first-order valence-corrected chi connectivity index (χ1v) is 4.87. The molecule has 74 valence electrons. The van der Waals surface area contributed by atoms with E-state index in [0.717, 1.165) is 5.69 Å². The molecule has 0 bridgehead atoms. The third kappa shape index (κ3) is 1.32. The molecule has 0 saturated heterocycles. The number of aromatic nitrogens is 1. The Hall–Kier alpha value is -1.28. The fraction of sp³-hybridized carbons (Fsp3) is 0.333. The molecule has 0 amide bonds. The van der Waals surface area contributed by atoms with Crippen molar-refractivity contribution in [3.8, 4) is 0 Å². The Morgan fingerprint density at radius 1 is 1.21 bits per heavy atom. The number of fused-ring (bicyclic) bond motifs is 1. The average Bonchev–Trinajstić information content (AvgIpc) is 2.44. The summed E-state index contributed by atoms with van der Waals surface area (Å²) in [7, 11) is 0. The Balaban J connectivity index is 2.75. The summed E-state index contributed by atoms with van der Waals surface area (Å²) in [4.78, 5) is 3.38. The molecule has 0 unspecified atom stereocenters. The molecule has 0 radical (unpaired) electrons. The second-order valence-electron chi connectivity index (χ2n) is 4.39. The number of aryl methyl sites for hydroxylation is 1. The zero-order valence-corrected chi connectivity index (χ0v) is 8.89. The van der Waals surface area contributed by atoms with Gasteiger partial charge in [0, 0.05) is 16.6 Å². The lowest BCUT2D eigenvalue weighted by Crippen LogP contribution is -2.29. The van der Waals surface area contributed by atoms with Crippen molar-refractivity contribution in [2.45, 2.75) is 26.3 Å². The standard InChI is InChI=1S/C12H16N2/c1-8-9-6-4-5-7-10(9)14-11(8)12(2,3)13/h4-7,14H,13H2,1-3H3. The molecule has 1 heterocycles. The third-order valence-corrected chi connectivity index (χ3v) is 2.61. The van der Waals surface area contributed by atoms with Crippen LogP contribution in [0.1, 0.15) is 25.1 Å². The normalized spacial score (nSPS) is 12.3. The van der Waals surface area contributed by atoms with Crippen molar-refractivity contribution in [1.29, 1.82) is 0 Å². The van der Waals surface area contributed by atoms with E-state index in [1.165, 1.54) is 16.5 Å². The van der Waals surface area contributed by atoms with Gasteiger partial charge in [-0.1, -0.05) is 18.2 Å². The summed E-state index contributed by atoms with van der Waals surface area (Å²) in [5.41, 5.74) is 9.33. The van der Waals surface area contributed by atoms with Crippen molar-refractivity contribution in [2.75, 3.05) is 0 Å². The fourth-order valence-electron chi connectivity index (χ4n) is 1.93. The average molecular weight is 188 g/mol. The predicted molar refractivity (Wildman–Crippen MR) is 60.2 cm³/mol. The highest BCUT2D eigenvalue weighted by molar-refractivity contribution is 5.84. The van der Waals surface area contributed by atoms with Gasteiger partial charge in [0.25, 0.3) is 0 Å². The van der Waals surface area contributed by atoms with Gasteiger partial charge in [0.15, 0.2) is 0 Å². The Morgan fingerprint density at radius 2 is 1.86 bits per heavy atom. The van der Waals surface area contributed by atoms with E-state index >= 15 is 0 Å². The number of para-hydroxylation sites is 1. The highest BCUT2D eigenvalue weighted by atomic mass is 14.8. The van der Waals surface area contributed by atoms with E-state index in [1.807, 2.05) is 19.9 Å². The quantitative estimate of drug-likeness (QED) is 0.709. The summed E-state index contributed by atoms with van der Waals surface area (Å²) in [6.07, 6.45) is 0. The molecule has 3 N–H and O–H groups in total. The van der Waals surface area contributed by atoms with Crippen LogP contribution in [0.5, 0.6) is 0 Å². The fourth-order valence-corrected chi connectivity index (χ4v) is 1.93. The monoisotopic (exact) mass is 188 g/mol. The van der Waals surface area contributed by atoms with Crippen LogP contribution in [0.25, 0.3) is 10.9 Å². The Labute approximate surface area is 84.1 Å². The summed E-state index contributed by atoms with van der Waals surface area (Å²) < 4.78 is 0. The van der Waals surface area contributed by atoms with E-state index < -0.39 is 0 Å². The number of rotatable bonds is 1. The predicted octanol–water partition coefficient (Wildman–Crippen LogP) is 2.67. The van der Waals surface area contributed by atoms with E-state index in [-0.39, 0.29) is 5.54 Å². The van der Waals surface area contributed by atoms with Gasteiger partial charge < -0.3 is 10.7 Å². The second kappa shape index (κ2) is 2.85. The van der Waals surface area contributed by atoms with Crippen LogP contribution in [0.4, 0.5) is 0 Å². The van der Waals surface area contributed by atoms with Gasteiger partial charge in [-0.3, -0.25) is 0 Å². The molecule has 0 aliphatic carbocycles. The van der Waals surface area contributed by atoms with Crippen LogP contribution >= 0.6 is 0 Å². The SMILES string of the molecule is Cc1c(C(C)(C)N)[nH]c2ccccc12. The molecule has 2 aromatic rings. The first kappa shape index (κ1) is 9.28. The topological polar surface area (TPSA) is 41.8 Å². The minimum Gasteiger partial charge on any atom is -0.357 e. The molecule has 2 rings (SSSR count). The van der Waals surface area contributed by atoms with Gasteiger partial charge in [0.1, 0.15) is 0 Å². The second-order valence-corrected chi connectivity index (χ2v) is 4.39. The number of hydrogen-bond acceptors (Lipinski definition) is 1. The van der Waals surface area contributed by atoms with Crippen LogP contribution in [0.2, 0.25) is 0 Å². The summed E-state index contributed by atoms with van der Waals surface area (Å²) in [5.74, 6) is 0. The molecule has 0 saturated carbocycles. The van der Waals surface area contributed by atoms with E-state index in [4.69, 9.17) is 5.73 Å². The van der Waals surface area contributed by atoms with Crippen molar-refractivity contribution in [2.24, 2.45) is 5.73 Å². The lowest BCUT2D eigenvalue weighted by Gasteiger charge is -2.18. The maximum absolute atomic E-state index is 6.09. The van der Waals surface area contributed by atoms with Crippen LogP contribution in [-0.4, -0.2) is 4.98 Å². The van der Waals surface area contributed by atoms with Crippen LogP contribution < -0.4 is 5.73 Å². The number of H-pyrrole nitrogens is 1. The lowest BCUT2D eigenvalue weighted by atomic mass is 9.98. The maximum atomic E-state index is 6.09. The van der Waals surface area contributed by atoms with Crippen LogP contribution in [0.15, 0.2) is 24.3 Å². The Bertz CT molecular complexity index is 461. The van der Waals surface area contributed by atoms with Gasteiger partial charge >= 0.3 is 0 Å². The summed E-state index contributed by atoms with van der Waals surface area (Å²) in [5, 5.41) is 1.26. The molecular weight excluding hydrogens is 172 g/mol. The summed E-state index contributed by atoms with van der Waals surface area (Å²) in [6, 6.07) is 8.29. The van der Waals surface area contributed by atoms with Crippen molar-refractivity contribution >= 4 is 10.9 Å². The van der Waals surface area contributed by atoms with Gasteiger partial charge in [0.2, 0.25) is 0 Å². The van der Waals surface area contributed by atoms with Crippen molar-refractivity contribution in [3.63, 3.8) is 0 Å². The zero-order chi connectivity index (χ0) is 10.3. The highest BCUT2D eigenvalue weighted by Gasteiger charge is 2.20. The molecule has 0 aliphatic rings. The van der Waals surface area contributed by atoms with E-state index in [2.05, 4.69) is 30.1 Å². The number of hydrogen-bond donors (Lipinski definition) is 2. The van der Waals surface area contributed by atoms with Crippen LogP contribution in [0.3, 0.4) is 0 Å². The van der Waals surface area contributed by atoms with Crippen molar-refractivity contribution in [1.82, 2.24) is 4.98 Å². The molecule has 0 aliphatic heterocycles. The largest absolute Gasteiger partial charge is 0.357 e. The third-order valence-electron chi connectivity index (χ3n) is 2.61. The van der Waals surface area contributed by atoms with E-state index in [0.29, 0.717) is 0 Å². The van der Waals surface area contributed by atoms with Crippen LogP contribution in [0, 0.1) is 6.92 Å². The van der Waals surface area contributed by atoms with Gasteiger partial charge in [-0.05, 0) is 32.4 Å². The minimum atomic E-state index is -0.302. The molecule has 0 atom stereocenters. The zero-order valence-electron chi connectivity index (χ0n) is 8.89. The van der Waals surface area contributed by atoms with Gasteiger partial charge in [-0.25, -0.2) is 0 Å². The molecule has 2 nitrogen and oxygen atoms in total. The maximum Gasteiger partial charge on any atom is 0.0507 e. The number of nitrogens with one attached hydrogen (secondary N) is 1. The first-order chi connectivity index (χ1) is 6.50. The number of aromatic amines is 1. The molecule has 1 aromatic heterocycles. The summed E-state index contributed by atoms with van der Waals surface area (Å²) >= 11 is 0. The molecule has 2 heteroatoms. The van der Waals surface area contributed by atoms with E-state index in [1.54, 1.807) is 0 Å². The number of benzene rings is 1. The lowest BCUT2D eigenvalue weighted by molar-refractivity contribution is 0.536. The molecular formula is C12H16N2. The molecule has 1 aromatic carbocycles. The highest BCUT2D eigenvalue weighted by Crippen LogP contribution is 2.27. The number of nitrogens with two attached hydrogens (primary N) is 1. The molecule has 0 fully saturated rings. The molecule has 14 heavy (non-hydrogen) atoms. The van der Waals surface area contributed by atoms with Gasteiger partial charge in [0.05, 0.1) is 5.54 Å².